The van der Waals surface area contributed by atoms with E-state index in [0.29, 0.717) is 5.75 Å². The Morgan fingerprint density at radius 1 is 0.442 bits per heavy atom. The summed E-state index contributed by atoms with van der Waals surface area (Å²) < 4.78 is 18.3. The normalized spacial score (nSPS) is 12.9. The zero-order valence-electron chi connectivity index (χ0n) is 28.3. The Labute approximate surface area is 262 Å². The molecule has 0 aliphatic heterocycles. The van der Waals surface area contributed by atoms with Gasteiger partial charge in [0.25, 0.3) is 0 Å². The van der Waals surface area contributed by atoms with E-state index in [2.05, 4.69) is 156 Å². The van der Waals surface area contributed by atoms with Crippen LogP contribution in [0.1, 0.15) is 105 Å². The summed E-state index contributed by atoms with van der Waals surface area (Å²) in [6, 6.07) is 28.2. The molecule has 0 fully saturated rings. The fourth-order valence-corrected chi connectivity index (χ4v) is 6.44. The third kappa shape index (κ3) is 6.66. The van der Waals surface area contributed by atoms with Crippen LogP contribution >= 0.6 is 8.69 Å². The zero-order chi connectivity index (χ0) is 32.0. The van der Waals surface area contributed by atoms with Crippen molar-refractivity contribution in [2.24, 2.45) is 0 Å². The summed E-state index contributed by atoms with van der Waals surface area (Å²) in [7, 11) is -0.376. The SMILES string of the molecule is CC(C)(C)c1cccc(C(C)(C)C)c1-c1c(OP=O)ccc(-c2ccccc2)c1-c1c(C(C)(C)C)cccc1C(C)(C)C. The average molecular weight is 593 g/mol. The van der Waals surface area contributed by atoms with E-state index in [0.717, 1.165) is 27.8 Å². The summed E-state index contributed by atoms with van der Waals surface area (Å²) in [5.41, 5.74) is 11.3. The van der Waals surface area contributed by atoms with Gasteiger partial charge in [-0.15, -0.1) is 0 Å². The fraction of sp³-hybridized carbons (Fsp3) is 0.400. The Morgan fingerprint density at radius 2 is 0.837 bits per heavy atom. The van der Waals surface area contributed by atoms with Crippen LogP contribution in [0, 0.1) is 0 Å². The second kappa shape index (κ2) is 11.7. The second-order valence-electron chi connectivity index (χ2n) is 15.8. The molecule has 0 bridgehead atoms. The standard InChI is InChI=1S/C40H49O2P/c1-37(2,3)28-20-16-21-29(38(4,5)6)34(28)33-27(26-18-14-13-15-19-26)24-25-32(42-43-41)36(33)35-30(39(7,8)9)22-17-23-31(35)40(10,11)12/h13-25H,1-12H3. The van der Waals surface area contributed by atoms with E-state index < -0.39 is 0 Å². The largest absolute Gasteiger partial charge is 0.407 e. The van der Waals surface area contributed by atoms with Crippen molar-refractivity contribution in [2.45, 2.75) is 105 Å². The molecule has 0 spiro atoms. The lowest BCUT2D eigenvalue weighted by molar-refractivity contribution is 0.525. The lowest BCUT2D eigenvalue weighted by atomic mass is 9.69. The van der Waals surface area contributed by atoms with Crippen molar-refractivity contribution in [3.8, 4) is 39.1 Å². The van der Waals surface area contributed by atoms with Gasteiger partial charge in [-0.05, 0) is 78.3 Å². The van der Waals surface area contributed by atoms with E-state index in [4.69, 9.17) is 4.52 Å². The van der Waals surface area contributed by atoms with Gasteiger partial charge in [-0.2, -0.15) is 0 Å². The van der Waals surface area contributed by atoms with Gasteiger partial charge in [0.05, 0.1) is 0 Å². The first kappa shape index (κ1) is 32.7. The summed E-state index contributed by atoms with van der Waals surface area (Å²) >= 11 is 0. The van der Waals surface area contributed by atoms with Crippen LogP contribution in [0.3, 0.4) is 0 Å². The van der Waals surface area contributed by atoms with Crippen LogP contribution in [0.5, 0.6) is 5.75 Å². The van der Waals surface area contributed by atoms with Crippen LogP contribution in [-0.4, -0.2) is 0 Å². The summed E-state index contributed by atoms with van der Waals surface area (Å²) in [6.07, 6.45) is 0. The molecule has 2 nitrogen and oxygen atoms in total. The Hall–Kier alpha value is -3.22. The topological polar surface area (TPSA) is 26.3 Å². The highest BCUT2D eigenvalue weighted by Crippen LogP contribution is 2.54. The molecule has 0 atom stereocenters. The minimum absolute atomic E-state index is 0.133. The lowest BCUT2D eigenvalue weighted by Crippen LogP contribution is -2.21. The molecule has 0 amide bonds. The second-order valence-corrected chi connectivity index (χ2v) is 16.2. The van der Waals surface area contributed by atoms with E-state index in [1.54, 1.807) is 0 Å². The van der Waals surface area contributed by atoms with Crippen LogP contribution in [0.4, 0.5) is 0 Å². The first-order chi connectivity index (χ1) is 19.9. The van der Waals surface area contributed by atoms with Crippen molar-refractivity contribution in [3.63, 3.8) is 0 Å². The fourth-order valence-electron chi connectivity index (χ4n) is 6.21. The Morgan fingerprint density at radius 3 is 1.21 bits per heavy atom. The van der Waals surface area contributed by atoms with Crippen molar-refractivity contribution in [2.75, 3.05) is 0 Å². The maximum absolute atomic E-state index is 12.3. The van der Waals surface area contributed by atoms with Gasteiger partial charge in [0.1, 0.15) is 5.75 Å². The number of benzene rings is 4. The zero-order valence-corrected chi connectivity index (χ0v) is 29.2. The van der Waals surface area contributed by atoms with Crippen LogP contribution < -0.4 is 4.52 Å². The molecule has 0 saturated heterocycles. The maximum Gasteiger partial charge on any atom is 0.395 e. The van der Waals surface area contributed by atoms with Crippen molar-refractivity contribution in [1.82, 2.24) is 0 Å². The predicted octanol–water partition coefficient (Wildman–Crippen LogP) is 12.5. The number of rotatable bonds is 5. The van der Waals surface area contributed by atoms with Gasteiger partial charge in [-0.1, -0.05) is 150 Å². The van der Waals surface area contributed by atoms with E-state index in [1.165, 1.54) is 27.8 Å². The minimum Gasteiger partial charge on any atom is -0.407 e. The van der Waals surface area contributed by atoms with Gasteiger partial charge in [-0.25, -0.2) is 4.57 Å². The monoisotopic (exact) mass is 592 g/mol. The third-order valence-corrected chi connectivity index (χ3v) is 8.52. The highest BCUT2D eigenvalue weighted by Gasteiger charge is 2.34. The number of hydrogen-bond acceptors (Lipinski definition) is 2. The van der Waals surface area contributed by atoms with Crippen LogP contribution in [-0.2, 0) is 26.2 Å². The molecule has 3 heteroatoms. The quantitative estimate of drug-likeness (QED) is 0.216. The molecule has 0 radical (unpaired) electrons. The summed E-state index contributed by atoms with van der Waals surface area (Å²) in [4.78, 5) is 0. The highest BCUT2D eigenvalue weighted by atomic mass is 31.1. The smallest absolute Gasteiger partial charge is 0.395 e. The van der Waals surface area contributed by atoms with Gasteiger partial charge < -0.3 is 4.52 Å². The van der Waals surface area contributed by atoms with Crippen molar-refractivity contribution < 1.29 is 9.09 Å². The van der Waals surface area contributed by atoms with Crippen molar-refractivity contribution >= 4 is 8.69 Å². The summed E-state index contributed by atoms with van der Waals surface area (Å²) in [5.74, 6) is 0.622. The molecule has 0 aliphatic carbocycles. The van der Waals surface area contributed by atoms with E-state index in [1.807, 2.05) is 6.07 Å². The Kier molecular flexibility index (Phi) is 8.89. The van der Waals surface area contributed by atoms with E-state index in [9.17, 15) is 4.57 Å². The predicted molar refractivity (Wildman–Crippen MR) is 186 cm³/mol. The molecule has 0 N–H and O–H groups in total. The first-order valence-electron chi connectivity index (χ1n) is 15.4. The highest BCUT2D eigenvalue weighted by molar-refractivity contribution is 7.17. The van der Waals surface area contributed by atoms with Crippen LogP contribution in [0.15, 0.2) is 78.9 Å². The molecule has 0 aromatic heterocycles. The maximum atomic E-state index is 12.3. The first-order valence-corrected chi connectivity index (χ1v) is 16.1. The molecule has 43 heavy (non-hydrogen) atoms. The molecule has 0 aliphatic rings. The van der Waals surface area contributed by atoms with Crippen LogP contribution in [0.25, 0.3) is 33.4 Å². The molecule has 4 rings (SSSR count). The molecule has 226 valence electrons. The third-order valence-electron chi connectivity index (χ3n) is 8.25. The summed E-state index contributed by atoms with van der Waals surface area (Å²) in [6.45, 7) is 27.4. The van der Waals surface area contributed by atoms with Crippen molar-refractivity contribution in [1.29, 1.82) is 0 Å². The lowest BCUT2D eigenvalue weighted by Gasteiger charge is -2.35. The van der Waals surface area contributed by atoms with Gasteiger partial charge in [0.15, 0.2) is 0 Å². The van der Waals surface area contributed by atoms with E-state index >= 15 is 0 Å². The molecule has 0 saturated carbocycles. The molecular weight excluding hydrogens is 543 g/mol. The Bertz CT molecular complexity index is 1550. The van der Waals surface area contributed by atoms with Gasteiger partial charge in [-0.3, -0.25) is 0 Å². The molecule has 4 aromatic carbocycles. The van der Waals surface area contributed by atoms with Crippen molar-refractivity contribution in [3.05, 3.63) is 101 Å². The summed E-state index contributed by atoms with van der Waals surface area (Å²) in [5, 5.41) is 0. The van der Waals surface area contributed by atoms with Gasteiger partial charge in [0, 0.05) is 11.1 Å². The number of hydrogen-bond donors (Lipinski definition) is 0. The molecule has 4 aromatic rings. The van der Waals surface area contributed by atoms with Crippen LogP contribution in [0.2, 0.25) is 0 Å². The minimum atomic E-state index is -0.376. The average Bonchev–Trinajstić information content (AvgIpc) is 2.90. The van der Waals surface area contributed by atoms with Gasteiger partial charge in [0.2, 0.25) is 0 Å². The Balaban J connectivity index is 2.44. The molecular formula is C40H49O2P. The molecule has 0 heterocycles. The van der Waals surface area contributed by atoms with Gasteiger partial charge >= 0.3 is 8.69 Å². The van der Waals surface area contributed by atoms with E-state index in [-0.39, 0.29) is 30.3 Å². The molecule has 0 unspecified atom stereocenters.